The number of ether oxygens (including phenoxy) is 1. The molecule has 0 saturated carbocycles. The second kappa shape index (κ2) is 4.78. The van der Waals surface area contributed by atoms with Crippen molar-refractivity contribution in [1.29, 1.82) is 0 Å². The predicted octanol–water partition coefficient (Wildman–Crippen LogP) is 1.53. The number of nitrogens with two attached hydrogens (primary N) is 1. The third-order valence-corrected chi connectivity index (χ3v) is 2.70. The van der Waals surface area contributed by atoms with Gasteiger partial charge in [-0.2, -0.15) is 0 Å². The lowest BCUT2D eigenvalue weighted by molar-refractivity contribution is 0.414. The predicted molar refractivity (Wildman–Crippen MR) is 69.3 cm³/mol. The summed E-state index contributed by atoms with van der Waals surface area (Å²) in [5.74, 6) is 0.848. The van der Waals surface area contributed by atoms with Crippen molar-refractivity contribution in [2.75, 3.05) is 7.11 Å². The van der Waals surface area contributed by atoms with Gasteiger partial charge in [-0.3, -0.25) is 0 Å². The van der Waals surface area contributed by atoms with Gasteiger partial charge >= 0.3 is 0 Å². The van der Waals surface area contributed by atoms with Crippen LogP contribution in [0.2, 0.25) is 0 Å². The van der Waals surface area contributed by atoms with E-state index in [0.717, 1.165) is 17.0 Å². The third kappa shape index (κ3) is 2.87. The highest BCUT2D eigenvalue weighted by molar-refractivity contribution is 5.27. The summed E-state index contributed by atoms with van der Waals surface area (Å²) in [4.78, 5) is 0. The number of rotatable bonds is 4. The molecule has 2 aromatic rings. The zero-order chi connectivity index (χ0) is 13.2. The van der Waals surface area contributed by atoms with E-state index in [2.05, 4.69) is 10.3 Å². The molecule has 0 aliphatic heterocycles. The molecule has 0 fully saturated rings. The van der Waals surface area contributed by atoms with Crippen LogP contribution in [0.25, 0.3) is 0 Å². The Morgan fingerprint density at radius 3 is 2.44 bits per heavy atom. The molecule has 96 valence electrons. The van der Waals surface area contributed by atoms with Gasteiger partial charge in [0, 0.05) is 0 Å². The zero-order valence-electron chi connectivity index (χ0n) is 10.9. The Labute approximate surface area is 107 Å². The molecular formula is C13H18N4O. The first-order chi connectivity index (χ1) is 8.49. The molecule has 2 N–H and O–H groups in total. The first-order valence-electron chi connectivity index (χ1n) is 5.81. The van der Waals surface area contributed by atoms with Crippen LogP contribution in [-0.4, -0.2) is 22.1 Å². The number of aromatic nitrogens is 3. The van der Waals surface area contributed by atoms with Crippen LogP contribution in [0.3, 0.4) is 0 Å². The van der Waals surface area contributed by atoms with E-state index in [0.29, 0.717) is 6.54 Å². The maximum atomic E-state index is 5.97. The van der Waals surface area contributed by atoms with Gasteiger partial charge in [-0.05, 0) is 31.5 Å². The highest BCUT2D eigenvalue weighted by Gasteiger charge is 2.18. The number of nitrogens with zero attached hydrogens (tertiary/aromatic N) is 3. The number of benzene rings is 1. The summed E-state index contributed by atoms with van der Waals surface area (Å²) in [6.07, 6.45) is 1.88. The van der Waals surface area contributed by atoms with Crippen LogP contribution in [-0.2, 0) is 12.1 Å². The lowest BCUT2D eigenvalue weighted by Crippen LogP contribution is -2.29. The summed E-state index contributed by atoms with van der Waals surface area (Å²) >= 11 is 0. The molecule has 0 amide bonds. The quantitative estimate of drug-likeness (QED) is 0.888. The monoisotopic (exact) mass is 246 g/mol. The molecular weight excluding hydrogens is 228 g/mol. The normalized spacial score (nSPS) is 11.6. The second-order valence-electron chi connectivity index (χ2n) is 4.87. The number of hydrogen-bond donors (Lipinski definition) is 1. The van der Waals surface area contributed by atoms with E-state index in [9.17, 15) is 0 Å². The van der Waals surface area contributed by atoms with Gasteiger partial charge in [0.25, 0.3) is 0 Å². The van der Waals surface area contributed by atoms with Gasteiger partial charge in [-0.25, -0.2) is 4.68 Å². The van der Waals surface area contributed by atoms with Crippen molar-refractivity contribution < 1.29 is 4.74 Å². The SMILES string of the molecule is COc1ccc(Cn2cc(C(C)(C)N)nn2)cc1. The summed E-state index contributed by atoms with van der Waals surface area (Å²) < 4.78 is 6.90. The molecule has 0 saturated heterocycles. The van der Waals surface area contributed by atoms with Gasteiger partial charge in [0.15, 0.2) is 0 Å². The van der Waals surface area contributed by atoms with Gasteiger partial charge in [0.2, 0.25) is 0 Å². The fourth-order valence-corrected chi connectivity index (χ4v) is 1.59. The first-order valence-corrected chi connectivity index (χ1v) is 5.81. The minimum atomic E-state index is -0.460. The molecule has 18 heavy (non-hydrogen) atoms. The van der Waals surface area contributed by atoms with E-state index in [1.54, 1.807) is 11.8 Å². The molecule has 1 aromatic carbocycles. The molecule has 0 atom stereocenters. The summed E-state index contributed by atoms with van der Waals surface area (Å²) in [6, 6.07) is 7.88. The van der Waals surface area contributed by atoms with Crippen LogP contribution in [0.15, 0.2) is 30.5 Å². The topological polar surface area (TPSA) is 66.0 Å². The molecule has 1 aromatic heterocycles. The molecule has 2 rings (SSSR count). The molecule has 1 heterocycles. The van der Waals surface area contributed by atoms with E-state index in [1.807, 2.05) is 44.3 Å². The molecule has 0 bridgehead atoms. The molecule has 0 radical (unpaired) electrons. The van der Waals surface area contributed by atoms with Gasteiger partial charge in [-0.1, -0.05) is 17.3 Å². The van der Waals surface area contributed by atoms with E-state index >= 15 is 0 Å². The van der Waals surface area contributed by atoms with E-state index < -0.39 is 5.54 Å². The fraction of sp³-hybridized carbons (Fsp3) is 0.385. The molecule has 0 unspecified atom stereocenters. The van der Waals surface area contributed by atoms with Crippen molar-refractivity contribution in [3.8, 4) is 5.75 Å². The van der Waals surface area contributed by atoms with Gasteiger partial charge in [0.1, 0.15) is 11.4 Å². The standard InChI is InChI=1S/C13H18N4O/c1-13(2,14)12-9-17(16-15-12)8-10-4-6-11(18-3)7-5-10/h4-7,9H,8,14H2,1-3H3. The summed E-state index contributed by atoms with van der Waals surface area (Å²) in [5, 5.41) is 8.16. The molecule has 0 aliphatic rings. The molecule has 5 heteroatoms. The average Bonchev–Trinajstić information content (AvgIpc) is 2.78. The van der Waals surface area contributed by atoms with Crippen LogP contribution < -0.4 is 10.5 Å². The largest absolute Gasteiger partial charge is 0.497 e. The Balaban J connectivity index is 2.11. The smallest absolute Gasteiger partial charge is 0.118 e. The molecule has 0 spiro atoms. The van der Waals surface area contributed by atoms with Gasteiger partial charge in [-0.15, -0.1) is 5.10 Å². The first kappa shape index (κ1) is 12.6. The summed E-state index contributed by atoms with van der Waals surface area (Å²) in [5.41, 5.74) is 7.44. The maximum absolute atomic E-state index is 5.97. The Morgan fingerprint density at radius 2 is 1.94 bits per heavy atom. The highest BCUT2D eigenvalue weighted by Crippen LogP contribution is 2.15. The maximum Gasteiger partial charge on any atom is 0.118 e. The van der Waals surface area contributed by atoms with Crippen molar-refractivity contribution in [2.45, 2.75) is 25.9 Å². The Morgan fingerprint density at radius 1 is 1.28 bits per heavy atom. The number of hydrogen-bond acceptors (Lipinski definition) is 4. The molecule has 5 nitrogen and oxygen atoms in total. The minimum absolute atomic E-state index is 0.460. The number of methoxy groups -OCH3 is 1. The van der Waals surface area contributed by atoms with Crippen molar-refractivity contribution in [3.05, 3.63) is 41.7 Å². The molecule has 0 aliphatic carbocycles. The Kier molecular flexibility index (Phi) is 3.34. The van der Waals surface area contributed by atoms with Crippen molar-refractivity contribution >= 4 is 0 Å². The summed E-state index contributed by atoms with van der Waals surface area (Å²) in [7, 11) is 1.65. The van der Waals surface area contributed by atoms with E-state index in [4.69, 9.17) is 10.5 Å². The van der Waals surface area contributed by atoms with E-state index in [1.165, 1.54) is 0 Å². The minimum Gasteiger partial charge on any atom is -0.497 e. The van der Waals surface area contributed by atoms with Gasteiger partial charge < -0.3 is 10.5 Å². The fourth-order valence-electron chi connectivity index (χ4n) is 1.59. The highest BCUT2D eigenvalue weighted by atomic mass is 16.5. The lowest BCUT2D eigenvalue weighted by atomic mass is 10.0. The van der Waals surface area contributed by atoms with Gasteiger partial charge in [0.05, 0.1) is 25.4 Å². The average molecular weight is 246 g/mol. The van der Waals surface area contributed by atoms with Crippen LogP contribution in [0.1, 0.15) is 25.1 Å². The summed E-state index contributed by atoms with van der Waals surface area (Å²) in [6.45, 7) is 4.50. The van der Waals surface area contributed by atoms with Crippen LogP contribution in [0.4, 0.5) is 0 Å². The van der Waals surface area contributed by atoms with E-state index in [-0.39, 0.29) is 0 Å². The van der Waals surface area contributed by atoms with Crippen LogP contribution >= 0.6 is 0 Å². The van der Waals surface area contributed by atoms with Crippen LogP contribution in [0, 0.1) is 0 Å². The second-order valence-corrected chi connectivity index (χ2v) is 4.87. The Hall–Kier alpha value is -1.88. The van der Waals surface area contributed by atoms with Crippen LogP contribution in [0.5, 0.6) is 5.75 Å². The third-order valence-electron chi connectivity index (χ3n) is 2.70. The zero-order valence-corrected chi connectivity index (χ0v) is 10.9. The lowest BCUT2D eigenvalue weighted by Gasteiger charge is -2.13. The Bertz CT molecular complexity index is 511. The van der Waals surface area contributed by atoms with Crippen molar-refractivity contribution in [2.24, 2.45) is 5.73 Å². The van der Waals surface area contributed by atoms with Crippen molar-refractivity contribution in [1.82, 2.24) is 15.0 Å². The van der Waals surface area contributed by atoms with Crippen molar-refractivity contribution in [3.63, 3.8) is 0 Å².